The Morgan fingerprint density at radius 1 is 1.33 bits per heavy atom. The van der Waals surface area contributed by atoms with Crippen LogP contribution in [0, 0.1) is 5.82 Å². The molecular formula is C11H13FO3. The normalized spacial score (nSPS) is 10.2. The fourth-order valence-corrected chi connectivity index (χ4v) is 1.18. The smallest absolute Gasteiger partial charge is 0.179 e. The van der Waals surface area contributed by atoms with Crippen molar-refractivity contribution >= 4 is 6.29 Å². The Labute approximate surface area is 87.8 Å². The maximum Gasteiger partial charge on any atom is 0.179 e. The monoisotopic (exact) mass is 212 g/mol. The lowest BCUT2D eigenvalue weighted by molar-refractivity contribution is 0.111. The van der Waals surface area contributed by atoms with Crippen LogP contribution in [0.1, 0.15) is 24.2 Å². The average Bonchev–Trinajstić information content (AvgIpc) is 2.18. The van der Waals surface area contributed by atoms with Gasteiger partial charge in [-0.05, 0) is 26.0 Å². The Bertz CT molecular complexity index is 361. The minimum atomic E-state index is -0.689. The Kier molecular flexibility index (Phi) is 3.66. The molecule has 1 aromatic carbocycles. The predicted octanol–water partition coefficient (Wildman–Crippen LogP) is 2.43. The summed E-state index contributed by atoms with van der Waals surface area (Å²) in [6, 6.07) is 2.95. The third-order valence-corrected chi connectivity index (χ3v) is 1.80. The summed E-state index contributed by atoms with van der Waals surface area (Å²) in [4.78, 5) is 10.7. The van der Waals surface area contributed by atoms with E-state index in [-0.39, 0.29) is 23.2 Å². The molecule has 0 unspecified atom stereocenters. The van der Waals surface area contributed by atoms with Crippen LogP contribution in [-0.2, 0) is 0 Å². The van der Waals surface area contributed by atoms with Crippen LogP contribution in [0.25, 0.3) is 0 Å². The van der Waals surface area contributed by atoms with E-state index in [9.17, 15) is 9.18 Å². The van der Waals surface area contributed by atoms with Gasteiger partial charge in [-0.15, -0.1) is 0 Å². The third kappa shape index (κ3) is 2.46. The van der Waals surface area contributed by atoms with Gasteiger partial charge in [0.2, 0.25) is 0 Å². The van der Waals surface area contributed by atoms with Crippen molar-refractivity contribution in [1.82, 2.24) is 0 Å². The highest BCUT2D eigenvalue weighted by Crippen LogP contribution is 2.28. The van der Waals surface area contributed by atoms with E-state index in [4.69, 9.17) is 9.47 Å². The fourth-order valence-electron chi connectivity index (χ4n) is 1.18. The molecule has 0 saturated heterocycles. The Morgan fingerprint density at radius 2 is 1.93 bits per heavy atom. The van der Waals surface area contributed by atoms with E-state index in [2.05, 4.69) is 0 Å². The number of hydrogen-bond acceptors (Lipinski definition) is 3. The molecule has 4 heteroatoms. The number of benzene rings is 1. The van der Waals surface area contributed by atoms with Crippen LogP contribution in [0.3, 0.4) is 0 Å². The molecule has 0 amide bonds. The molecular weight excluding hydrogens is 199 g/mol. The maximum atomic E-state index is 13.5. The van der Waals surface area contributed by atoms with Gasteiger partial charge in [-0.2, -0.15) is 0 Å². The van der Waals surface area contributed by atoms with Gasteiger partial charge in [-0.3, -0.25) is 4.79 Å². The molecule has 1 aromatic rings. The van der Waals surface area contributed by atoms with Crippen molar-refractivity contribution in [2.24, 2.45) is 0 Å². The van der Waals surface area contributed by atoms with Crippen LogP contribution >= 0.6 is 0 Å². The number of carbonyl (C=O) groups is 1. The molecule has 15 heavy (non-hydrogen) atoms. The molecule has 0 aliphatic heterocycles. The summed E-state index contributed by atoms with van der Waals surface area (Å²) in [6.07, 6.45) is 0.312. The van der Waals surface area contributed by atoms with Gasteiger partial charge in [-0.1, -0.05) is 0 Å². The van der Waals surface area contributed by atoms with E-state index in [0.29, 0.717) is 6.29 Å². The molecule has 3 nitrogen and oxygen atoms in total. The van der Waals surface area contributed by atoms with Crippen molar-refractivity contribution in [3.05, 3.63) is 23.5 Å². The van der Waals surface area contributed by atoms with Gasteiger partial charge in [0.15, 0.2) is 17.9 Å². The van der Waals surface area contributed by atoms with E-state index < -0.39 is 5.82 Å². The first-order chi connectivity index (χ1) is 7.10. The molecule has 0 aromatic heterocycles. The molecule has 0 heterocycles. The highest BCUT2D eigenvalue weighted by atomic mass is 19.1. The van der Waals surface area contributed by atoms with Crippen molar-refractivity contribution in [2.45, 2.75) is 20.0 Å². The van der Waals surface area contributed by atoms with Crippen molar-refractivity contribution in [1.29, 1.82) is 0 Å². The zero-order valence-corrected chi connectivity index (χ0v) is 8.91. The second-order valence-corrected chi connectivity index (χ2v) is 3.28. The van der Waals surface area contributed by atoms with Gasteiger partial charge in [0.25, 0.3) is 0 Å². The van der Waals surface area contributed by atoms with E-state index in [1.807, 2.05) is 0 Å². The standard InChI is InChI=1S/C11H13FO3/c1-7(2)15-9-4-5-10(14-3)11(12)8(9)6-13/h4-7H,1-3H3. The quantitative estimate of drug-likeness (QED) is 0.719. The van der Waals surface area contributed by atoms with E-state index in [0.717, 1.165) is 0 Å². The molecule has 0 spiro atoms. The van der Waals surface area contributed by atoms with Crippen molar-refractivity contribution in [3.63, 3.8) is 0 Å². The number of methoxy groups -OCH3 is 1. The van der Waals surface area contributed by atoms with Crippen LogP contribution in [-0.4, -0.2) is 19.5 Å². The summed E-state index contributed by atoms with van der Waals surface area (Å²) in [5.74, 6) is -0.419. The topological polar surface area (TPSA) is 35.5 Å². The average molecular weight is 212 g/mol. The van der Waals surface area contributed by atoms with Gasteiger partial charge in [0.1, 0.15) is 5.75 Å². The van der Waals surface area contributed by atoms with E-state index in [1.54, 1.807) is 13.8 Å². The van der Waals surface area contributed by atoms with Crippen molar-refractivity contribution in [2.75, 3.05) is 7.11 Å². The molecule has 0 atom stereocenters. The van der Waals surface area contributed by atoms with Crippen LogP contribution in [0.5, 0.6) is 11.5 Å². The molecule has 0 saturated carbocycles. The summed E-state index contributed by atoms with van der Waals surface area (Å²) in [7, 11) is 1.34. The Morgan fingerprint density at radius 3 is 2.40 bits per heavy atom. The van der Waals surface area contributed by atoms with Gasteiger partial charge in [0, 0.05) is 0 Å². The summed E-state index contributed by atoms with van der Waals surface area (Å²) in [5.41, 5.74) is -0.108. The Hall–Kier alpha value is -1.58. The first kappa shape index (κ1) is 11.5. The summed E-state index contributed by atoms with van der Waals surface area (Å²) >= 11 is 0. The number of rotatable bonds is 4. The van der Waals surface area contributed by atoms with E-state index in [1.165, 1.54) is 19.2 Å². The first-order valence-corrected chi connectivity index (χ1v) is 4.58. The van der Waals surface area contributed by atoms with Gasteiger partial charge in [-0.25, -0.2) is 4.39 Å². The largest absolute Gasteiger partial charge is 0.494 e. The van der Waals surface area contributed by atoms with Crippen LogP contribution in [0.4, 0.5) is 4.39 Å². The molecule has 0 bridgehead atoms. The maximum absolute atomic E-state index is 13.5. The highest BCUT2D eigenvalue weighted by molar-refractivity contribution is 5.80. The lowest BCUT2D eigenvalue weighted by atomic mass is 10.2. The molecule has 0 radical (unpaired) electrons. The zero-order chi connectivity index (χ0) is 11.4. The fraction of sp³-hybridized carbons (Fsp3) is 0.364. The van der Waals surface area contributed by atoms with Gasteiger partial charge in [0.05, 0.1) is 18.8 Å². The summed E-state index contributed by atoms with van der Waals surface area (Å²) < 4.78 is 23.6. The van der Waals surface area contributed by atoms with E-state index >= 15 is 0 Å². The molecule has 1 rings (SSSR count). The number of carbonyl (C=O) groups excluding carboxylic acids is 1. The molecule has 82 valence electrons. The minimum Gasteiger partial charge on any atom is -0.494 e. The lowest BCUT2D eigenvalue weighted by Gasteiger charge is -2.13. The minimum absolute atomic E-state index is 0.0354. The predicted molar refractivity (Wildman–Crippen MR) is 54.1 cm³/mol. The molecule has 0 N–H and O–H groups in total. The summed E-state index contributed by atoms with van der Waals surface area (Å²) in [6.45, 7) is 3.60. The number of ether oxygens (including phenoxy) is 2. The first-order valence-electron chi connectivity index (χ1n) is 4.58. The van der Waals surface area contributed by atoms with Gasteiger partial charge >= 0.3 is 0 Å². The second-order valence-electron chi connectivity index (χ2n) is 3.28. The molecule has 0 aliphatic rings. The second kappa shape index (κ2) is 4.77. The SMILES string of the molecule is COc1ccc(OC(C)C)c(C=O)c1F. The van der Waals surface area contributed by atoms with Crippen molar-refractivity contribution in [3.8, 4) is 11.5 Å². The van der Waals surface area contributed by atoms with Crippen LogP contribution < -0.4 is 9.47 Å². The lowest BCUT2D eigenvalue weighted by Crippen LogP contribution is -2.08. The van der Waals surface area contributed by atoms with Crippen molar-refractivity contribution < 1.29 is 18.7 Å². The zero-order valence-electron chi connectivity index (χ0n) is 8.91. The number of halogens is 1. The van der Waals surface area contributed by atoms with Crippen LogP contribution in [0.2, 0.25) is 0 Å². The molecule has 0 aliphatic carbocycles. The van der Waals surface area contributed by atoms with Gasteiger partial charge < -0.3 is 9.47 Å². The number of hydrogen-bond donors (Lipinski definition) is 0. The highest BCUT2D eigenvalue weighted by Gasteiger charge is 2.15. The molecule has 0 fully saturated rings. The van der Waals surface area contributed by atoms with Crippen LogP contribution in [0.15, 0.2) is 12.1 Å². The third-order valence-electron chi connectivity index (χ3n) is 1.80. The summed E-state index contributed by atoms with van der Waals surface area (Å²) in [5, 5.41) is 0. The Balaban J connectivity index is 3.18. The number of aldehydes is 1.